The van der Waals surface area contributed by atoms with Crippen molar-refractivity contribution in [3.05, 3.63) is 0 Å². The van der Waals surface area contributed by atoms with Crippen LogP contribution in [0.25, 0.3) is 0 Å². The molecule has 1 aliphatic rings. The first-order valence-electron chi connectivity index (χ1n) is 9.24. The minimum Gasteiger partial charge on any atom is -0.379 e. The third-order valence-corrected chi connectivity index (χ3v) is 4.29. The highest BCUT2D eigenvalue weighted by atomic mass is 127. The summed E-state index contributed by atoms with van der Waals surface area (Å²) in [6.07, 6.45) is -3.53. The lowest BCUT2D eigenvalue weighted by Crippen LogP contribution is -2.52. The van der Waals surface area contributed by atoms with Gasteiger partial charge in [-0.05, 0) is 40.8 Å². The Morgan fingerprint density at radius 2 is 1.81 bits per heavy atom. The van der Waals surface area contributed by atoms with Crippen molar-refractivity contribution in [2.45, 2.75) is 38.9 Å². The van der Waals surface area contributed by atoms with Gasteiger partial charge in [-0.15, -0.1) is 24.0 Å². The summed E-state index contributed by atoms with van der Waals surface area (Å²) in [5.74, 6) is 0.701. The van der Waals surface area contributed by atoms with E-state index in [1.165, 1.54) is 11.9 Å². The summed E-state index contributed by atoms with van der Waals surface area (Å²) in [4.78, 5) is 8.31. The van der Waals surface area contributed by atoms with E-state index < -0.39 is 12.7 Å². The van der Waals surface area contributed by atoms with Gasteiger partial charge in [-0.3, -0.25) is 14.8 Å². The van der Waals surface area contributed by atoms with Gasteiger partial charge in [0.1, 0.15) is 0 Å². The van der Waals surface area contributed by atoms with Gasteiger partial charge in [-0.1, -0.05) is 0 Å². The van der Waals surface area contributed by atoms with E-state index in [1.54, 1.807) is 0 Å². The summed E-state index contributed by atoms with van der Waals surface area (Å²) in [6.45, 7) is 11.1. The van der Waals surface area contributed by atoms with E-state index in [-0.39, 0.29) is 29.5 Å². The number of morpholine rings is 1. The fourth-order valence-corrected chi connectivity index (χ4v) is 2.82. The van der Waals surface area contributed by atoms with Crippen molar-refractivity contribution in [2.75, 3.05) is 66.1 Å². The second-order valence-corrected chi connectivity index (χ2v) is 7.24. The SMILES string of the molecule is CCNC(=NCC(C)(C)N1CCOCC1)NCCCN(C)CC(F)(F)F.I. The summed E-state index contributed by atoms with van der Waals surface area (Å²) in [5, 5.41) is 6.39. The molecule has 1 fully saturated rings. The van der Waals surface area contributed by atoms with Crippen molar-refractivity contribution in [3.63, 3.8) is 0 Å². The van der Waals surface area contributed by atoms with E-state index in [9.17, 15) is 13.2 Å². The molecule has 0 aromatic heterocycles. The number of aliphatic imine (C=N–C) groups is 1. The van der Waals surface area contributed by atoms with Crippen molar-refractivity contribution in [1.29, 1.82) is 0 Å². The van der Waals surface area contributed by atoms with E-state index in [0.717, 1.165) is 32.8 Å². The van der Waals surface area contributed by atoms with Gasteiger partial charge in [-0.2, -0.15) is 13.2 Å². The second kappa shape index (κ2) is 13.0. The number of hydrogen-bond donors (Lipinski definition) is 2. The highest BCUT2D eigenvalue weighted by molar-refractivity contribution is 14.0. The van der Waals surface area contributed by atoms with Gasteiger partial charge in [0.15, 0.2) is 5.96 Å². The summed E-state index contributed by atoms with van der Waals surface area (Å²) >= 11 is 0. The zero-order chi connectivity index (χ0) is 19.6. The Balaban J connectivity index is 0.00000676. The highest BCUT2D eigenvalue weighted by Crippen LogP contribution is 2.17. The van der Waals surface area contributed by atoms with Crippen molar-refractivity contribution < 1.29 is 17.9 Å². The van der Waals surface area contributed by atoms with Crippen molar-refractivity contribution in [1.82, 2.24) is 20.4 Å². The number of nitrogens with one attached hydrogen (secondary N) is 2. The molecule has 0 aliphatic carbocycles. The summed E-state index contributed by atoms with van der Waals surface area (Å²) in [5.41, 5.74) is -0.0704. The van der Waals surface area contributed by atoms with E-state index in [1.807, 2.05) is 6.92 Å². The van der Waals surface area contributed by atoms with Gasteiger partial charge in [0.2, 0.25) is 0 Å². The standard InChI is InChI=1S/C17H34F3N5O.HI/c1-5-21-15(22-7-6-8-24(4)14-17(18,19)20)23-13-16(2,3)25-9-11-26-12-10-25;/h5-14H2,1-4H3,(H2,21,22,23);1H. The highest BCUT2D eigenvalue weighted by Gasteiger charge is 2.29. The Bertz CT molecular complexity index is 429. The number of hydrogen-bond acceptors (Lipinski definition) is 4. The van der Waals surface area contributed by atoms with Gasteiger partial charge in [-0.25, -0.2) is 0 Å². The molecule has 0 bridgehead atoms. The molecule has 1 saturated heterocycles. The Labute approximate surface area is 178 Å². The number of rotatable bonds is 9. The molecule has 0 unspecified atom stereocenters. The zero-order valence-corrected chi connectivity index (χ0v) is 19.2. The zero-order valence-electron chi connectivity index (χ0n) is 16.9. The Hall–Kier alpha value is -0.330. The van der Waals surface area contributed by atoms with Crippen LogP contribution in [0.2, 0.25) is 0 Å². The first kappa shape index (κ1) is 26.7. The first-order valence-corrected chi connectivity index (χ1v) is 9.24. The number of guanidine groups is 1. The largest absolute Gasteiger partial charge is 0.401 e. The first-order chi connectivity index (χ1) is 12.1. The van der Waals surface area contributed by atoms with Gasteiger partial charge < -0.3 is 15.4 Å². The lowest BCUT2D eigenvalue weighted by atomic mass is 10.0. The number of nitrogens with zero attached hydrogens (tertiary/aromatic N) is 3. The van der Waals surface area contributed by atoms with E-state index in [0.29, 0.717) is 32.0 Å². The van der Waals surface area contributed by atoms with E-state index in [2.05, 4.69) is 34.4 Å². The molecule has 0 amide bonds. The van der Waals surface area contributed by atoms with Crippen LogP contribution in [-0.4, -0.2) is 93.5 Å². The predicted molar refractivity (Wildman–Crippen MR) is 114 cm³/mol. The van der Waals surface area contributed by atoms with E-state index in [4.69, 9.17) is 4.74 Å². The molecular weight excluding hydrogens is 474 g/mol. The van der Waals surface area contributed by atoms with Crippen LogP contribution in [-0.2, 0) is 4.74 Å². The molecule has 0 radical (unpaired) electrons. The normalized spacial score (nSPS) is 17.0. The molecule has 162 valence electrons. The monoisotopic (exact) mass is 509 g/mol. The third kappa shape index (κ3) is 12.0. The summed E-state index contributed by atoms with van der Waals surface area (Å²) in [6, 6.07) is 0. The Morgan fingerprint density at radius 3 is 2.37 bits per heavy atom. The van der Waals surface area contributed by atoms with E-state index >= 15 is 0 Å². The minimum atomic E-state index is -4.15. The minimum absolute atomic E-state index is 0. The molecule has 0 aromatic rings. The van der Waals surface area contributed by atoms with Crippen molar-refractivity contribution in [2.24, 2.45) is 4.99 Å². The molecule has 27 heavy (non-hydrogen) atoms. The predicted octanol–water partition coefficient (Wildman–Crippen LogP) is 2.15. The molecule has 10 heteroatoms. The lowest BCUT2D eigenvalue weighted by Gasteiger charge is -2.39. The van der Waals surface area contributed by atoms with Crippen LogP contribution in [0, 0.1) is 0 Å². The Morgan fingerprint density at radius 1 is 1.19 bits per heavy atom. The smallest absolute Gasteiger partial charge is 0.379 e. The van der Waals surface area contributed by atoms with Crippen LogP contribution in [0.3, 0.4) is 0 Å². The molecule has 1 rings (SSSR count). The maximum Gasteiger partial charge on any atom is 0.401 e. The topological polar surface area (TPSA) is 52.1 Å². The van der Waals surface area contributed by atoms with Crippen LogP contribution >= 0.6 is 24.0 Å². The van der Waals surface area contributed by atoms with Crippen LogP contribution < -0.4 is 10.6 Å². The number of halogens is 4. The fourth-order valence-electron chi connectivity index (χ4n) is 2.82. The molecule has 0 atom stereocenters. The number of alkyl halides is 3. The molecule has 2 N–H and O–H groups in total. The molecular formula is C17H35F3IN5O. The van der Waals surface area contributed by atoms with Crippen LogP contribution in [0.15, 0.2) is 4.99 Å². The summed E-state index contributed by atoms with van der Waals surface area (Å²) < 4.78 is 42.3. The average molecular weight is 509 g/mol. The van der Waals surface area contributed by atoms with Crippen LogP contribution in [0.4, 0.5) is 13.2 Å². The number of ether oxygens (including phenoxy) is 1. The second-order valence-electron chi connectivity index (χ2n) is 7.24. The van der Waals surface area contributed by atoms with Crippen molar-refractivity contribution in [3.8, 4) is 0 Å². The lowest BCUT2D eigenvalue weighted by molar-refractivity contribution is -0.143. The van der Waals surface area contributed by atoms with Crippen LogP contribution in [0.1, 0.15) is 27.2 Å². The van der Waals surface area contributed by atoms with Gasteiger partial charge in [0, 0.05) is 31.7 Å². The molecule has 1 heterocycles. The van der Waals surface area contributed by atoms with Gasteiger partial charge in [0.05, 0.1) is 26.3 Å². The molecule has 0 spiro atoms. The molecule has 0 saturated carbocycles. The Kier molecular flexibility index (Phi) is 12.8. The average Bonchev–Trinajstić information content (AvgIpc) is 2.55. The van der Waals surface area contributed by atoms with Gasteiger partial charge in [0.25, 0.3) is 0 Å². The maximum absolute atomic E-state index is 12.3. The third-order valence-electron chi connectivity index (χ3n) is 4.29. The molecule has 1 aliphatic heterocycles. The van der Waals surface area contributed by atoms with Gasteiger partial charge >= 0.3 is 6.18 Å². The summed E-state index contributed by atoms with van der Waals surface area (Å²) in [7, 11) is 1.48. The quantitative estimate of drug-likeness (QED) is 0.216. The fraction of sp³-hybridized carbons (Fsp3) is 0.941. The van der Waals surface area contributed by atoms with Crippen LogP contribution in [0.5, 0.6) is 0 Å². The maximum atomic E-state index is 12.3. The van der Waals surface area contributed by atoms with Crippen molar-refractivity contribution >= 4 is 29.9 Å². The molecule has 6 nitrogen and oxygen atoms in total. The molecule has 0 aromatic carbocycles.